The fraction of sp³-hybridized carbons (Fsp3) is 0.500. The molecule has 1 saturated heterocycles. The molecule has 0 unspecified atom stereocenters. The van der Waals surface area contributed by atoms with Gasteiger partial charge in [0.1, 0.15) is 4.90 Å². The van der Waals surface area contributed by atoms with Gasteiger partial charge in [-0.2, -0.15) is 5.21 Å². The summed E-state index contributed by atoms with van der Waals surface area (Å²) >= 11 is 0.818. The highest BCUT2D eigenvalue weighted by atomic mass is 32.2. The number of hydrogen-bond donors (Lipinski definition) is 4. The summed E-state index contributed by atoms with van der Waals surface area (Å²) in [6.07, 6.45) is 2.97. The Bertz CT molecular complexity index is 848. The molecular formula is C14H22N8O2S2. The van der Waals surface area contributed by atoms with E-state index in [-0.39, 0.29) is 10.7 Å². The van der Waals surface area contributed by atoms with Gasteiger partial charge in [0.2, 0.25) is 15.8 Å². The van der Waals surface area contributed by atoms with Crippen LogP contribution < -0.4 is 20.9 Å². The van der Waals surface area contributed by atoms with E-state index in [0.29, 0.717) is 28.6 Å². The molecule has 10 nitrogen and oxygen atoms in total. The van der Waals surface area contributed by atoms with Crippen molar-refractivity contribution in [3.8, 4) is 11.4 Å². The Hall–Kier alpha value is -1.73. The fourth-order valence-electron chi connectivity index (χ4n) is 3.37. The van der Waals surface area contributed by atoms with Gasteiger partial charge in [-0.3, -0.25) is 5.14 Å². The molecule has 142 valence electrons. The number of nitrogens with two attached hydrogens (primary N) is 3. The van der Waals surface area contributed by atoms with E-state index in [1.807, 2.05) is 6.07 Å². The Balaban J connectivity index is 2.09. The van der Waals surface area contributed by atoms with Crippen LogP contribution in [0.4, 0.5) is 5.69 Å². The lowest BCUT2D eigenvalue weighted by Crippen LogP contribution is -2.35. The molecule has 2 heterocycles. The van der Waals surface area contributed by atoms with Crippen molar-refractivity contribution in [2.24, 2.45) is 21.9 Å². The molecule has 0 spiro atoms. The molecule has 1 aromatic carbocycles. The zero-order valence-corrected chi connectivity index (χ0v) is 15.8. The van der Waals surface area contributed by atoms with Crippen LogP contribution in [-0.2, 0) is 10.0 Å². The van der Waals surface area contributed by atoms with Crippen molar-refractivity contribution in [1.29, 1.82) is 0 Å². The second kappa shape index (κ2) is 7.88. The Morgan fingerprint density at radius 1 is 1.31 bits per heavy atom. The first-order valence-corrected chi connectivity index (χ1v) is 10.6. The van der Waals surface area contributed by atoms with E-state index in [9.17, 15) is 8.42 Å². The molecule has 2 aromatic rings. The number of piperidine rings is 1. The van der Waals surface area contributed by atoms with Gasteiger partial charge in [0.05, 0.1) is 5.56 Å². The van der Waals surface area contributed by atoms with Gasteiger partial charge in [-0.05, 0) is 61.0 Å². The van der Waals surface area contributed by atoms with E-state index in [1.54, 1.807) is 6.07 Å². The van der Waals surface area contributed by atoms with E-state index in [2.05, 4.69) is 25.5 Å². The number of aromatic nitrogens is 4. The number of nitrogens with zero attached hydrogens (tertiary/aromatic N) is 4. The number of rotatable bonds is 6. The summed E-state index contributed by atoms with van der Waals surface area (Å²) in [5.41, 5.74) is 6.69. The molecule has 1 fully saturated rings. The SMILES string of the molecule is NCCC1CCN(c2ccc(SN)c(S(N)(=O)=O)c2-c2nn[nH]n2)CC1. The topological polar surface area (TPSA) is 170 Å². The normalized spacial score (nSPS) is 16.2. The van der Waals surface area contributed by atoms with Gasteiger partial charge in [-0.15, -0.1) is 10.2 Å². The van der Waals surface area contributed by atoms with Gasteiger partial charge in [0, 0.05) is 23.7 Å². The standard InChI is InChI=1S/C14H22N8O2S2/c15-6-3-9-4-7-22(8-5-9)10-1-2-11(25-16)13(26(17,23)24)12(10)14-18-20-21-19-14/h1-2,9H,3-8,15-16H2,(H2,17,23,24)(H,18,19,20,21). The van der Waals surface area contributed by atoms with Crippen LogP contribution in [0.3, 0.4) is 0 Å². The third kappa shape index (κ3) is 3.83. The van der Waals surface area contributed by atoms with Gasteiger partial charge < -0.3 is 10.6 Å². The maximum Gasteiger partial charge on any atom is 0.240 e. The lowest BCUT2D eigenvalue weighted by atomic mass is 9.93. The summed E-state index contributed by atoms with van der Waals surface area (Å²) in [4.78, 5) is 2.39. The number of nitrogens with one attached hydrogen (secondary N) is 1. The molecule has 0 radical (unpaired) electrons. The highest BCUT2D eigenvalue weighted by Gasteiger charge is 2.29. The number of aromatic amines is 1. The van der Waals surface area contributed by atoms with Crippen molar-refractivity contribution >= 4 is 27.7 Å². The average Bonchev–Trinajstić information content (AvgIpc) is 3.15. The van der Waals surface area contributed by atoms with Gasteiger partial charge in [0.25, 0.3) is 0 Å². The molecule has 26 heavy (non-hydrogen) atoms. The minimum absolute atomic E-state index is 0.0759. The Morgan fingerprint density at radius 2 is 2.04 bits per heavy atom. The summed E-state index contributed by atoms with van der Waals surface area (Å²) in [5, 5.41) is 25.0. The predicted molar refractivity (Wildman–Crippen MR) is 99.6 cm³/mol. The summed E-state index contributed by atoms with van der Waals surface area (Å²) in [6, 6.07) is 3.49. The number of anilines is 1. The quantitative estimate of drug-likeness (QED) is 0.491. The highest BCUT2D eigenvalue weighted by molar-refractivity contribution is 7.98. The van der Waals surface area contributed by atoms with E-state index < -0.39 is 10.0 Å². The Labute approximate surface area is 156 Å². The maximum atomic E-state index is 12.3. The first-order chi connectivity index (χ1) is 12.5. The van der Waals surface area contributed by atoms with Crippen molar-refractivity contribution in [3.63, 3.8) is 0 Å². The molecule has 3 rings (SSSR count). The van der Waals surface area contributed by atoms with Gasteiger partial charge in [0.15, 0.2) is 0 Å². The second-order valence-electron chi connectivity index (χ2n) is 6.19. The minimum Gasteiger partial charge on any atom is -0.371 e. The smallest absolute Gasteiger partial charge is 0.240 e. The van der Waals surface area contributed by atoms with Crippen LogP contribution in [-0.4, -0.2) is 48.7 Å². The number of H-pyrrole nitrogens is 1. The van der Waals surface area contributed by atoms with E-state index in [4.69, 9.17) is 16.0 Å². The third-order valence-electron chi connectivity index (χ3n) is 4.61. The van der Waals surface area contributed by atoms with Crippen LogP contribution in [0.2, 0.25) is 0 Å². The van der Waals surface area contributed by atoms with Crippen molar-refractivity contribution in [2.45, 2.75) is 29.1 Å². The largest absolute Gasteiger partial charge is 0.371 e. The summed E-state index contributed by atoms with van der Waals surface area (Å²) in [6.45, 7) is 2.25. The third-order valence-corrected chi connectivity index (χ3v) is 6.33. The highest BCUT2D eigenvalue weighted by Crippen LogP contribution is 2.40. The van der Waals surface area contributed by atoms with E-state index in [1.165, 1.54) is 0 Å². The first-order valence-electron chi connectivity index (χ1n) is 8.21. The minimum atomic E-state index is -4.05. The second-order valence-corrected chi connectivity index (χ2v) is 8.37. The van der Waals surface area contributed by atoms with Gasteiger partial charge >= 0.3 is 0 Å². The molecule has 1 aliphatic rings. The summed E-state index contributed by atoms with van der Waals surface area (Å²) in [5.74, 6) is 0.755. The number of hydrogen-bond acceptors (Lipinski definition) is 9. The molecule has 12 heteroatoms. The Morgan fingerprint density at radius 3 is 2.58 bits per heavy atom. The number of benzene rings is 1. The van der Waals surface area contributed by atoms with E-state index >= 15 is 0 Å². The number of primary sulfonamides is 1. The zero-order valence-electron chi connectivity index (χ0n) is 14.1. The monoisotopic (exact) mass is 398 g/mol. The van der Waals surface area contributed by atoms with Gasteiger partial charge in [-0.25, -0.2) is 13.6 Å². The molecule has 7 N–H and O–H groups in total. The number of sulfonamides is 1. The fourth-order valence-corrected chi connectivity index (χ4v) is 5.05. The summed E-state index contributed by atoms with van der Waals surface area (Å²) < 4.78 is 24.6. The van der Waals surface area contributed by atoms with Crippen LogP contribution >= 0.6 is 11.9 Å². The van der Waals surface area contributed by atoms with Crippen LogP contribution in [0, 0.1) is 5.92 Å². The van der Waals surface area contributed by atoms with Crippen molar-refractivity contribution in [2.75, 3.05) is 24.5 Å². The van der Waals surface area contributed by atoms with Crippen LogP contribution in [0.1, 0.15) is 19.3 Å². The zero-order chi connectivity index (χ0) is 18.7. The van der Waals surface area contributed by atoms with Crippen LogP contribution in [0.25, 0.3) is 11.4 Å². The molecule has 0 saturated carbocycles. The van der Waals surface area contributed by atoms with Crippen molar-refractivity contribution < 1.29 is 8.42 Å². The maximum absolute atomic E-state index is 12.3. The van der Waals surface area contributed by atoms with Crippen molar-refractivity contribution in [3.05, 3.63) is 12.1 Å². The molecule has 1 aromatic heterocycles. The average molecular weight is 399 g/mol. The van der Waals surface area contributed by atoms with Gasteiger partial charge in [-0.1, -0.05) is 0 Å². The van der Waals surface area contributed by atoms with Crippen LogP contribution in [0.5, 0.6) is 0 Å². The number of tetrazole rings is 1. The predicted octanol–water partition coefficient (Wildman–Crippen LogP) is 0.0451. The Kier molecular flexibility index (Phi) is 5.77. The van der Waals surface area contributed by atoms with E-state index in [0.717, 1.165) is 44.3 Å². The molecule has 0 atom stereocenters. The molecule has 0 amide bonds. The molecular weight excluding hydrogens is 376 g/mol. The lowest BCUT2D eigenvalue weighted by Gasteiger charge is -2.35. The molecule has 0 aliphatic carbocycles. The summed E-state index contributed by atoms with van der Waals surface area (Å²) in [7, 11) is -4.05. The molecule has 1 aliphatic heterocycles. The molecule has 0 bridgehead atoms. The van der Waals surface area contributed by atoms with Crippen LogP contribution in [0.15, 0.2) is 21.9 Å². The first kappa shape index (κ1) is 19.0. The van der Waals surface area contributed by atoms with Crippen molar-refractivity contribution in [1.82, 2.24) is 20.6 Å². The lowest BCUT2D eigenvalue weighted by molar-refractivity contribution is 0.386.